The highest BCUT2D eigenvalue weighted by atomic mass is 19.1. The number of carbonyl (C=O) groups is 1. The van der Waals surface area contributed by atoms with Gasteiger partial charge in [-0.25, -0.2) is 4.39 Å². The molecule has 0 saturated carbocycles. The van der Waals surface area contributed by atoms with Gasteiger partial charge in [0.15, 0.2) is 0 Å². The monoisotopic (exact) mass is 242 g/mol. The van der Waals surface area contributed by atoms with Gasteiger partial charge < -0.3 is 15.3 Å². The van der Waals surface area contributed by atoms with Gasteiger partial charge in [-0.2, -0.15) is 0 Å². The van der Waals surface area contributed by atoms with Crippen molar-refractivity contribution >= 4 is 5.97 Å². The molecule has 1 aromatic carbocycles. The van der Waals surface area contributed by atoms with E-state index < -0.39 is 23.8 Å². The van der Waals surface area contributed by atoms with Crippen LogP contribution in [0, 0.1) is 11.7 Å². The summed E-state index contributed by atoms with van der Waals surface area (Å²) >= 11 is 0. The molecular formula is C12H15FO4. The van der Waals surface area contributed by atoms with Gasteiger partial charge in [0.2, 0.25) is 0 Å². The number of phenols is 1. The number of hydrogen-bond donors (Lipinski definition) is 3. The molecule has 17 heavy (non-hydrogen) atoms. The lowest BCUT2D eigenvalue weighted by molar-refractivity contribution is -0.146. The number of carboxylic acids is 1. The summed E-state index contributed by atoms with van der Waals surface area (Å²) in [6, 6.07) is 3.08. The van der Waals surface area contributed by atoms with Gasteiger partial charge in [0, 0.05) is 6.07 Å². The van der Waals surface area contributed by atoms with E-state index in [4.69, 9.17) is 5.11 Å². The second-order valence-electron chi connectivity index (χ2n) is 3.92. The van der Waals surface area contributed by atoms with Crippen molar-refractivity contribution in [2.24, 2.45) is 5.92 Å². The van der Waals surface area contributed by atoms with Crippen molar-refractivity contribution in [3.8, 4) is 5.75 Å². The molecule has 0 aliphatic heterocycles. The van der Waals surface area contributed by atoms with Crippen LogP contribution in [-0.2, 0) is 4.79 Å². The fourth-order valence-electron chi connectivity index (χ4n) is 1.73. The lowest BCUT2D eigenvalue weighted by Gasteiger charge is -2.19. The van der Waals surface area contributed by atoms with E-state index in [2.05, 4.69) is 0 Å². The fraction of sp³-hybridized carbons (Fsp3) is 0.417. The zero-order chi connectivity index (χ0) is 13.0. The van der Waals surface area contributed by atoms with E-state index in [0.29, 0.717) is 6.42 Å². The lowest BCUT2D eigenvalue weighted by atomic mass is 9.92. The molecule has 0 spiro atoms. The molecule has 0 bridgehead atoms. The third-order valence-corrected chi connectivity index (χ3v) is 2.54. The summed E-state index contributed by atoms with van der Waals surface area (Å²) in [6.45, 7) is 1.80. The first kappa shape index (κ1) is 13.4. The van der Waals surface area contributed by atoms with Crippen LogP contribution in [-0.4, -0.2) is 21.3 Å². The summed E-state index contributed by atoms with van der Waals surface area (Å²) in [5.74, 6) is -3.18. The summed E-state index contributed by atoms with van der Waals surface area (Å²) < 4.78 is 13.0. The third-order valence-electron chi connectivity index (χ3n) is 2.54. The number of aromatic hydroxyl groups is 1. The van der Waals surface area contributed by atoms with E-state index in [1.54, 1.807) is 6.92 Å². The van der Waals surface area contributed by atoms with Crippen molar-refractivity contribution < 1.29 is 24.5 Å². The van der Waals surface area contributed by atoms with Gasteiger partial charge in [0.25, 0.3) is 0 Å². The average Bonchev–Trinajstić information content (AvgIpc) is 2.23. The Morgan fingerprint density at radius 2 is 2.06 bits per heavy atom. The first-order valence-electron chi connectivity index (χ1n) is 5.36. The maximum absolute atomic E-state index is 13.0. The molecule has 4 nitrogen and oxygen atoms in total. The second-order valence-corrected chi connectivity index (χ2v) is 3.92. The summed E-state index contributed by atoms with van der Waals surface area (Å²) in [4.78, 5) is 11.0. The van der Waals surface area contributed by atoms with Gasteiger partial charge in [-0.15, -0.1) is 0 Å². The lowest BCUT2D eigenvalue weighted by Crippen LogP contribution is -2.22. The predicted molar refractivity (Wildman–Crippen MR) is 59.1 cm³/mol. The van der Waals surface area contributed by atoms with Crippen LogP contribution < -0.4 is 0 Å². The van der Waals surface area contributed by atoms with E-state index in [1.807, 2.05) is 0 Å². The minimum atomic E-state index is -1.32. The van der Waals surface area contributed by atoms with Crippen molar-refractivity contribution in [3.63, 3.8) is 0 Å². The molecule has 0 radical (unpaired) electrons. The van der Waals surface area contributed by atoms with E-state index in [0.717, 1.165) is 12.1 Å². The van der Waals surface area contributed by atoms with Gasteiger partial charge in [0.05, 0.1) is 12.0 Å². The Balaban J connectivity index is 3.00. The number of rotatable bonds is 5. The Morgan fingerprint density at radius 3 is 2.53 bits per heavy atom. The summed E-state index contributed by atoms with van der Waals surface area (Å²) in [5, 5.41) is 28.0. The molecule has 0 aliphatic rings. The Morgan fingerprint density at radius 1 is 1.41 bits per heavy atom. The summed E-state index contributed by atoms with van der Waals surface area (Å²) in [5.41, 5.74) is 0.0725. The van der Waals surface area contributed by atoms with Crippen LogP contribution in [0.25, 0.3) is 0 Å². The Labute approximate surface area is 98.3 Å². The van der Waals surface area contributed by atoms with Crippen molar-refractivity contribution in [1.82, 2.24) is 0 Å². The first-order valence-corrected chi connectivity index (χ1v) is 5.36. The Kier molecular flexibility index (Phi) is 4.45. The molecule has 5 heteroatoms. The maximum Gasteiger partial charge on any atom is 0.309 e. The highest BCUT2D eigenvalue weighted by molar-refractivity contribution is 5.71. The van der Waals surface area contributed by atoms with Crippen LogP contribution in [0.3, 0.4) is 0 Å². The second kappa shape index (κ2) is 5.63. The standard InChI is InChI=1S/C12H15FO4/c1-2-3-10(12(16)17)11(15)7-4-8(13)6-9(14)5-7/h4-6,10-11,14-15H,2-3H2,1H3,(H,16,17). The van der Waals surface area contributed by atoms with E-state index in [9.17, 15) is 19.4 Å². The number of hydrogen-bond acceptors (Lipinski definition) is 3. The topological polar surface area (TPSA) is 77.8 Å². The molecule has 0 amide bonds. The number of halogens is 1. The van der Waals surface area contributed by atoms with Crippen LogP contribution in [0.2, 0.25) is 0 Å². The van der Waals surface area contributed by atoms with Crippen LogP contribution in [0.1, 0.15) is 31.4 Å². The molecule has 0 fully saturated rings. The quantitative estimate of drug-likeness (QED) is 0.738. The molecule has 0 heterocycles. The maximum atomic E-state index is 13.0. The number of benzene rings is 1. The summed E-state index contributed by atoms with van der Waals surface area (Å²) in [6.07, 6.45) is -0.447. The molecule has 0 aromatic heterocycles. The fourth-order valence-corrected chi connectivity index (χ4v) is 1.73. The zero-order valence-electron chi connectivity index (χ0n) is 9.43. The van der Waals surface area contributed by atoms with E-state index in [-0.39, 0.29) is 17.7 Å². The normalized spacial score (nSPS) is 14.3. The van der Waals surface area contributed by atoms with Gasteiger partial charge in [-0.05, 0) is 24.1 Å². The third kappa shape index (κ3) is 3.42. The highest BCUT2D eigenvalue weighted by Crippen LogP contribution is 2.28. The average molecular weight is 242 g/mol. The van der Waals surface area contributed by atoms with Crippen molar-refractivity contribution in [3.05, 3.63) is 29.6 Å². The van der Waals surface area contributed by atoms with Crippen LogP contribution >= 0.6 is 0 Å². The van der Waals surface area contributed by atoms with E-state index >= 15 is 0 Å². The van der Waals surface area contributed by atoms with Crippen LogP contribution in [0.5, 0.6) is 5.75 Å². The van der Waals surface area contributed by atoms with Gasteiger partial charge >= 0.3 is 5.97 Å². The molecular weight excluding hydrogens is 227 g/mol. The largest absolute Gasteiger partial charge is 0.508 e. The zero-order valence-corrected chi connectivity index (χ0v) is 9.43. The van der Waals surface area contributed by atoms with Crippen molar-refractivity contribution in [1.29, 1.82) is 0 Å². The molecule has 3 N–H and O–H groups in total. The molecule has 0 saturated heterocycles. The molecule has 94 valence electrons. The van der Waals surface area contributed by atoms with Crippen LogP contribution in [0.4, 0.5) is 4.39 Å². The number of aliphatic hydroxyl groups excluding tert-OH is 1. The Hall–Kier alpha value is -1.62. The van der Waals surface area contributed by atoms with Gasteiger partial charge in [-0.1, -0.05) is 13.3 Å². The molecule has 2 unspecified atom stereocenters. The highest BCUT2D eigenvalue weighted by Gasteiger charge is 2.27. The summed E-state index contributed by atoms with van der Waals surface area (Å²) in [7, 11) is 0. The predicted octanol–water partition coefficient (Wildman–Crippen LogP) is 2.07. The molecule has 2 atom stereocenters. The van der Waals surface area contributed by atoms with Gasteiger partial charge in [-0.3, -0.25) is 4.79 Å². The van der Waals surface area contributed by atoms with Crippen LogP contribution in [0.15, 0.2) is 18.2 Å². The smallest absolute Gasteiger partial charge is 0.309 e. The van der Waals surface area contributed by atoms with Crippen molar-refractivity contribution in [2.45, 2.75) is 25.9 Å². The van der Waals surface area contributed by atoms with Crippen molar-refractivity contribution in [2.75, 3.05) is 0 Å². The number of aliphatic hydroxyl groups is 1. The number of carboxylic acid groups (broad SMARTS) is 1. The minimum absolute atomic E-state index is 0.0725. The number of aliphatic carboxylic acids is 1. The molecule has 1 rings (SSSR count). The Bertz CT molecular complexity index is 385. The van der Waals surface area contributed by atoms with Gasteiger partial charge in [0.1, 0.15) is 11.6 Å². The first-order chi connectivity index (χ1) is 7.95. The molecule has 1 aromatic rings. The molecule has 0 aliphatic carbocycles. The SMILES string of the molecule is CCCC(C(=O)O)C(O)c1cc(O)cc(F)c1. The minimum Gasteiger partial charge on any atom is -0.508 e. The number of phenolic OH excluding ortho intramolecular Hbond substituents is 1. The van der Waals surface area contributed by atoms with E-state index in [1.165, 1.54) is 6.07 Å².